The van der Waals surface area contributed by atoms with E-state index in [2.05, 4.69) is 5.32 Å². The highest BCUT2D eigenvalue weighted by molar-refractivity contribution is 6.32. The van der Waals surface area contributed by atoms with E-state index in [1.54, 1.807) is 12.3 Å². The van der Waals surface area contributed by atoms with Gasteiger partial charge in [0.2, 0.25) is 5.91 Å². The van der Waals surface area contributed by atoms with Crippen molar-refractivity contribution in [3.63, 3.8) is 0 Å². The fraction of sp³-hybridized carbons (Fsp3) is 0.353. The largest absolute Gasteiger partial charge is 0.491 e. The number of hydrogen-bond donors (Lipinski definition) is 1. The van der Waals surface area contributed by atoms with E-state index in [4.69, 9.17) is 25.5 Å². The van der Waals surface area contributed by atoms with Crippen molar-refractivity contribution in [2.45, 2.75) is 19.4 Å². The molecule has 0 unspecified atom stereocenters. The third kappa shape index (κ3) is 6.60. The van der Waals surface area contributed by atoms with Crippen LogP contribution in [0, 0.1) is 5.82 Å². The Labute approximate surface area is 144 Å². The number of benzene rings is 1. The summed E-state index contributed by atoms with van der Waals surface area (Å²) in [5.41, 5.74) is 0. The van der Waals surface area contributed by atoms with Crippen LogP contribution in [0.1, 0.15) is 18.6 Å². The molecule has 130 valence electrons. The number of amides is 1. The lowest BCUT2D eigenvalue weighted by Gasteiger charge is -2.08. The Balaban J connectivity index is 1.50. The predicted molar refractivity (Wildman–Crippen MR) is 87.5 cm³/mol. The summed E-state index contributed by atoms with van der Waals surface area (Å²) in [5, 5.41) is 2.96. The molecular weight excluding hydrogens is 337 g/mol. The standard InChI is InChI=1S/C17H19ClFNO4/c18-15-11-13(19)4-5-16(15)24-10-6-17(21)20-7-2-8-22-12-14-3-1-9-23-14/h1,3-5,9,11H,2,6-8,10,12H2,(H,20,21). The Morgan fingerprint density at radius 1 is 1.29 bits per heavy atom. The zero-order chi connectivity index (χ0) is 17.2. The number of ether oxygens (including phenoxy) is 2. The molecule has 2 rings (SSSR count). The van der Waals surface area contributed by atoms with Gasteiger partial charge in [-0.05, 0) is 36.8 Å². The lowest BCUT2D eigenvalue weighted by Crippen LogP contribution is -2.26. The molecule has 0 saturated carbocycles. The van der Waals surface area contributed by atoms with Crippen molar-refractivity contribution in [3.8, 4) is 5.75 Å². The van der Waals surface area contributed by atoms with Crippen LogP contribution in [0.25, 0.3) is 0 Å². The highest BCUT2D eigenvalue weighted by Crippen LogP contribution is 2.24. The Morgan fingerprint density at radius 3 is 2.92 bits per heavy atom. The Morgan fingerprint density at radius 2 is 2.17 bits per heavy atom. The second kappa shape index (κ2) is 9.95. The first-order chi connectivity index (χ1) is 11.6. The van der Waals surface area contributed by atoms with Crippen LogP contribution >= 0.6 is 11.6 Å². The molecule has 0 atom stereocenters. The summed E-state index contributed by atoms with van der Waals surface area (Å²) < 4.78 is 28.8. The van der Waals surface area contributed by atoms with Crippen molar-refractivity contribution >= 4 is 17.5 Å². The summed E-state index contributed by atoms with van der Waals surface area (Å²) in [4.78, 5) is 11.7. The Bertz CT molecular complexity index is 634. The van der Waals surface area contributed by atoms with Gasteiger partial charge in [0, 0.05) is 13.2 Å². The van der Waals surface area contributed by atoms with Crippen molar-refractivity contribution in [3.05, 3.63) is 53.2 Å². The molecule has 1 aromatic heterocycles. The third-order valence-electron chi connectivity index (χ3n) is 3.09. The van der Waals surface area contributed by atoms with Crippen molar-refractivity contribution in [2.75, 3.05) is 19.8 Å². The maximum absolute atomic E-state index is 12.9. The van der Waals surface area contributed by atoms with Crippen LogP contribution in [0.4, 0.5) is 4.39 Å². The number of halogens is 2. The molecular formula is C17H19ClFNO4. The van der Waals surface area contributed by atoms with Gasteiger partial charge < -0.3 is 19.2 Å². The van der Waals surface area contributed by atoms with Crippen molar-refractivity contribution in [2.24, 2.45) is 0 Å². The lowest BCUT2D eigenvalue weighted by atomic mass is 10.3. The van der Waals surface area contributed by atoms with E-state index in [0.29, 0.717) is 31.9 Å². The maximum atomic E-state index is 12.9. The van der Waals surface area contributed by atoms with E-state index in [9.17, 15) is 9.18 Å². The van der Waals surface area contributed by atoms with Crippen LogP contribution in [0.15, 0.2) is 41.0 Å². The fourth-order valence-corrected chi connectivity index (χ4v) is 2.13. The molecule has 1 aromatic carbocycles. The van der Waals surface area contributed by atoms with Crippen LogP contribution in [-0.2, 0) is 16.1 Å². The SMILES string of the molecule is O=C(CCOc1ccc(F)cc1Cl)NCCCOCc1ccco1. The summed E-state index contributed by atoms with van der Waals surface area (Å²) in [6.45, 7) is 1.65. The van der Waals surface area contributed by atoms with Gasteiger partial charge >= 0.3 is 0 Å². The molecule has 0 fully saturated rings. The van der Waals surface area contributed by atoms with Crippen molar-refractivity contribution in [1.82, 2.24) is 5.32 Å². The smallest absolute Gasteiger partial charge is 0.223 e. The minimum atomic E-state index is -0.431. The Hall–Kier alpha value is -2.05. The van der Waals surface area contributed by atoms with Crippen LogP contribution in [-0.4, -0.2) is 25.7 Å². The average molecular weight is 356 g/mol. The van der Waals surface area contributed by atoms with E-state index in [1.165, 1.54) is 18.2 Å². The molecule has 0 aliphatic rings. The van der Waals surface area contributed by atoms with Gasteiger partial charge in [-0.3, -0.25) is 4.79 Å². The zero-order valence-corrected chi connectivity index (χ0v) is 13.9. The summed E-state index contributed by atoms with van der Waals surface area (Å²) >= 11 is 5.83. The maximum Gasteiger partial charge on any atom is 0.223 e. The number of rotatable bonds is 10. The van der Waals surface area contributed by atoms with Gasteiger partial charge in [-0.15, -0.1) is 0 Å². The number of nitrogens with one attached hydrogen (secondary N) is 1. The Kier molecular flexibility index (Phi) is 7.58. The first-order valence-electron chi connectivity index (χ1n) is 7.60. The average Bonchev–Trinajstić information content (AvgIpc) is 3.06. The summed E-state index contributed by atoms with van der Waals surface area (Å²) in [6, 6.07) is 7.50. The lowest BCUT2D eigenvalue weighted by molar-refractivity contribution is -0.121. The first-order valence-corrected chi connectivity index (χ1v) is 7.97. The second-order valence-corrected chi connectivity index (χ2v) is 5.42. The molecule has 24 heavy (non-hydrogen) atoms. The van der Waals surface area contributed by atoms with Gasteiger partial charge in [0.15, 0.2) is 0 Å². The predicted octanol–water partition coefficient (Wildman–Crippen LogP) is 3.56. The molecule has 0 radical (unpaired) electrons. The number of carbonyl (C=O) groups is 1. The fourth-order valence-electron chi connectivity index (χ4n) is 1.90. The molecule has 0 spiro atoms. The molecule has 1 amide bonds. The molecule has 0 bridgehead atoms. The number of carbonyl (C=O) groups excluding carboxylic acids is 1. The van der Waals surface area contributed by atoms with Crippen molar-refractivity contribution in [1.29, 1.82) is 0 Å². The molecule has 1 heterocycles. The first kappa shape index (κ1) is 18.3. The molecule has 1 N–H and O–H groups in total. The van der Waals surface area contributed by atoms with E-state index < -0.39 is 5.82 Å². The highest BCUT2D eigenvalue weighted by atomic mass is 35.5. The van der Waals surface area contributed by atoms with E-state index in [0.717, 1.165) is 5.76 Å². The van der Waals surface area contributed by atoms with E-state index in [-0.39, 0.29) is 24.0 Å². The number of furan rings is 1. The monoisotopic (exact) mass is 355 g/mol. The van der Waals surface area contributed by atoms with Crippen LogP contribution in [0.2, 0.25) is 5.02 Å². The van der Waals surface area contributed by atoms with Crippen LogP contribution in [0.5, 0.6) is 5.75 Å². The van der Waals surface area contributed by atoms with Crippen molar-refractivity contribution < 1.29 is 23.1 Å². The molecule has 0 aliphatic heterocycles. The second-order valence-electron chi connectivity index (χ2n) is 5.01. The van der Waals surface area contributed by atoms with Gasteiger partial charge in [0.25, 0.3) is 0 Å². The minimum absolute atomic E-state index is 0.126. The van der Waals surface area contributed by atoms with Gasteiger partial charge in [-0.1, -0.05) is 11.6 Å². The summed E-state index contributed by atoms with van der Waals surface area (Å²) in [7, 11) is 0. The zero-order valence-electron chi connectivity index (χ0n) is 13.1. The summed E-state index contributed by atoms with van der Waals surface area (Å²) in [6.07, 6.45) is 2.50. The molecule has 7 heteroatoms. The van der Waals surface area contributed by atoms with Gasteiger partial charge in [-0.25, -0.2) is 4.39 Å². The third-order valence-corrected chi connectivity index (χ3v) is 3.39. The van der Waals surface area contributed by atoms with Crippen LogP contribution < -0.4 is 10.1 Å². The molecule has 2 aromatic rings. The minimum Gasteiger partial charge on any atom is -0.491 e. The molecule has 0 aliphatic carbocycles. The normalized spacial score (nSPS) is 10.6. The summed E-state index contributed by atoms with van der Waals surface area (Å²) in [5.74, 6) is 0.575. The quantitative estimate of drug-likeness (QED) is 0.662. The van der Waals surface area contributed by atoms with E-state index >= 15 is 0 Å². The topological polar surface area (TPSA) is 60.7 Å². The van der Waals surface area contributed by atoms with E-state index in [1.807, 2.05) is 6.07 Å². The highest BCUT2D eigenvalue weighted by Gasteiger charge is 2.05. The van der Waals surface area contributed by atoms with Gasteiger partial charge in [-0.2, -0.15) is 0 Å². The molecule has 0 saturated heterocycles. The number of hydrogen-bond acceptors (Lipinski definition) is 4. The van der Waals surface area contributed by atoms with Crippen LogP contribution in [0.3, 0.4) is 0 Å². The van der Waals surface area contributed by atoms with Gasteiger partial charge in [0.05, 0.1) is 24.3 Å². The molecule has 5 nitrogen and oxygen atoms in total. The van der Waals surface area contributed by atoms with Gasteiger partial charge in [0.1, 0.15) is 23.9 Å².